The van der Waals surface area contributed by atoms with Crippen molar-refractivity contribution in [3.05, 3.63) is 71.7 Å². The minimum absolute atomic E-state index is 0.160. The van der Waals surface area contributed by atoms with Crippen LogP contribution in [0.2, 0.25) is 0 Å². The first-order valence-electron chi connectivity index (χ1n) is 8.30. The van der Waals surface area contributed by atoms with E-state index in [0.717, 1.165) is 35.6 Å². The summed E-state index contributed by atoms with van der Waals surface area (Å²) in [5.74, 6) is 0.708. The van der Waals surface area contributed by atoms with Gasteiger partial charge < -0.3 is 9.88 Å². The fourth-order valence-corrected chi connectivity index (χ4v) is 3.45. The van der Waals surface area contributed by atoms with E-state index in [1.807, 2.05) is 41.0 Å². The molecule has 0 aromatic carbocycles. The lowest BCUT2D eigenvalue weighted by molar-refractivity contribution is 0.606. The molecule has 8 heteroatoms. The van der Waals surface area contributed by atoms with Crippen molar-refractivity contribution in [2.45, 2.75) is 12.5 Å². The number of H-pyrrole nitrogens is 1. The van der Waals surface area contributed by atoms with Crippen LogP contribution in [0, 0.1) is 11.3 Å². The van der Waals surface area contributed by atoms with E-state index in [1.165, 1.54) is 0 Å². The highest BCUT2D eigenvalue weighted by Crippen LogP contribution is 2.35. The Balaban J connectivity index is 1.65. The number of nitrogens with one attached hydrogen (secondary N) is 1. The van der Waals surface area contributed by atoms with Crippen LogP contribution < -0.4 is 4.90 Å². The highest BCUT2D eigenvalue weighted by atomic mass is 15.3. The van der Waals surface area contributed by atoms with E-state index < -0.39 is 0 Å². The number of pyridine rings is 1. The number of nitriles is 1. The predicted octanol–water partition coefficient (Wildman–Crippen LogP) is 1.87. The Kier molecular flexibility index (Phi) is 3.18. The van der Waals surface area contributed by atoms with Gasteiger partial charge in [-0.05, 0) is 30.3 Å². The molecule has 1 N–H and O–H groups in total. The lowest BCUT2D eigenvalue weighted by Gasteiger charge is -2.34. The van der Waals surface area contributed by atoms with Crippen LogP contribution in [0.3, 0.4) is 0 Å². The van der Waals surface area contributed by atoms with E-state index in [4.69, 9.17) is 10.4 Å². The summed E-state index contributed by atoms with van der Waals surface area (Å²) in [6.45, 7) is 0.758. The minimum atomic E-state index is -0.160. The quantitative estimate of drug-likeness (QED) is 0.597. The first-order valence-corrected chi connectivity index (χ1v) is 8.30. The maximum Gasteiger partial charge on any atom is 0.163 e. The molecule has 0 saturated heterocycles. The van der Waals surface area contributed by atoms with Gasteiger partial charge in [0, 0.05) is 24.9 Å². The number of aromatic amines is 1. The van der Waals surface area contributed by atoms with Crippen LogP contribution in [0.25, 0.3) is 5.52 Å². The molecule has 4 aromatic rings. The SMILES string of the molecule is N#Cc1ccc(N2CCc3[nH]cnc3[C@H]2c2cc3ccccn3n2)nn1. The van der Waals surface area contributed by atoms with Gasteiger partial charge in [0.1, 0.15) is 12.1 Å². The van der Waals surface area contributed by atoms with E-state index in [9.17, 15) is 0 Å². The van der Waals surface area contributed by atoms with Crippen molar-refractivity contribution in [1.82, 2.24) is 29.8 Å². The summed E-state index contributed by atoms with van der Waals surface area (Å²) in [4.78, 5) is 9.92. The normalized spacial score (nSPS) is 16.4. The summed E-state index contributed by atoms with van der Waals surface area (Å²) < 4.78 is 1.86. The van der Waals surface area contributed by atoms with Gasteiger partial charge in [0.2, 0.25) is 0 Å². The maximum atomic E-state index is 8.96. The van der Waals surface area contributed by atoms with Crippen molar-refractivity contribution in [3.63, 3.8) is 0 Å². The zero-order valence-corrected chi connectivity index (χ0v) is 13.7. The van der Waals surface area contributed by atoms with E-state index in [2.05, 4.69) is 31.1 Å². The Bertz CT molecular complexity index is 1090. The number of rotatable bonds is 2. The van der Waals surface area contributed by atoms with Gasteiger partial charge in [-0.2, -0.15) is 10.4 Å². The molecule has 0 amide bonds. The van der Waals surface area contributed by atoms with Crippen LogP contribution in [0.1, 0.15) is 28.8 Å². The van der Waals surface area contributed by atoms with Crippen LogP contribution in [0.15, 0.2) is 48.9 Å². The lowest BCUT2D eigenvalue weighted by Crippen LogP contribution is -2.37. The molecule has 0 radical (unpaired) electrons. The molecule has 1 aliphatic rings. The zero-order chi connectivity index (χ0) is 17.5. The molecule has 0 unspecified atom stereocenters. The fraction of sp³-hybridized carbons (Fsp3) is 0.167. The van der Waals surface area contributed by atoms with Crippen LogP contribution in [-0.2, 0) is 6.42 Å². The fourth-order valence-electron chi connectivity index (χ4n) is 3.45. The van der Waals surface area contributed by atoms with Gasteiger partial charge >= 0.3 is 0 Å². The number of nitrogens with zero attached hydrogens (tertiary/aromatic N) is 7. The largest absolute Gasteiger partial charge is 0.348 e. The molecule has 1 atom stereocenters. The summed E-state index contributed by atoms with van der Waals surface area (Å²) in [5, 5.41) is 21.9. The third kappa shape index (κ3) is 2.22. The molecule has 0 aliphatic carbocycles. The maximum absolute atomic E-state index is 8.96. The molecule has 5 heterocycles. The van der Waals surface area contributed by atoms with Crippen molar-refractivity contribution in [1.29, 1.82) is 5.26 Å². The molecule has 26 heavy (non-hydrogen) atoms. The third-order valence-electron chi connectivity index (χ3n) is 4.65. The first-order chi connectivity index (χ1) is 12.8. The van der Waals surface area contributed by atoms with Gasteiger partial charge in [0.25, 0.3) is 0 Å². The summed E-state index contributed by atoms with van der Waals surface area (Å²) in [5.41, 5.74) is 4.29. The average Bonchev–Trinajstić information content (AvgIpc) is 3.33. The van der Waals surface area contributed by atoms with Gasteiger partial charge in [-0.25, -0.2) is 9.50 Å². The Morgan fingerprint density at radius 2 is 2.15 bits per heavy atom. The number of hydrogen-bond donors (Lipinski definition) is 1. The first kappa shape index (κ1) is 14.6. The zero-order valence-electron chi connectivity index (χ0n) is 13.7. The van der Waals surface area contributed by atoms with Crippen molar-refractivity contribution in [2.24, 2.45) is 0 Å². The standard InChI is InChI=1S/C18H14N8/c19-10-12-4-5-16(23-22-12)25-8-6-14-17(21-11-20-14)18(25)15-9-13-3-1-2-7-26(13)24-15/h1-5,7,9,11,18H,6,8H2,(H,20,21)/t18-/m1/s1. The summed E-state index contributed by atoms with van der Waals surface area (Å²) in [6.07, 6.45) is 4.49. The van der Waals surface area contributed by atoms with Crippen LogP contribution in [0.4, 0.5) is 5.82 Å². The van der Waals surface area contributed by atoms with Crippen LogP contribution in [0.5, 0.6) is 0 Å². The summed E-state index contributed by atoms with van der Waals surface area (Å²) in [6, 6.07) is 13.4. The Hall–Kier alpha value is -3.73. The third-order valence-corrected chi connectivity index (χ3v) is 4.65. The summed E-state index contributed by atoms with van der Waals surface area (Å²) in [7, 11) is 0. The van der Waals surface area contributed by atoms with Gasteiger partial charge in [-0.1, -0.05) is 6.07 Å². The highest BCUT2D eigenvalue weighted by Gasteiger charge is 2.34. The van der Waals surface area contributed by atoms with Crippen LogP contribution >= 0.6 is 0 Å². The molecule has 1 aliphatic heterocycles. The number of imidazole rings is 1. The number of hydrogen-bond acceptors (Lipinski definition) is 6. The van der Waals surface area contributed by atoms with Crippen molar-refractivity contribution < 1.29 is 0 Å². The lowest BCUT2D eigenvalue weighted by atomic mass is 10.00. The van der Waals surface area contributed by atoms with E-state index >= 15 is 0 Å². The number of anilines is 1. The van der Waals surface area contributed by atoms with Gasteiger partial charge in [-0.15, -0.1) is 10.2 Å². The van der Waals surface area contributed by atoms with Crippen molar-refractivity contribution in [3.8, 4) is 6.07 Å². The Morgan fingerprint density at radius 3 is 2.96 bits per heavy atom. The second kappa shape index (κ2) is 5.67. The molecule has 5 rings (SSSR count). The Morgan fingerprint density at radius 1 is 1.19 bits per heavy atom. The number of fused-ring (bicyclic) bond motifs is 2. The monoisotopic (exact) mass is 342 g/mol. The van der Waals surface area contributed by atoms with Gasteiger partial charge in [-0.3, -0.25) is 0 Å². The molecular weight excluding hydrogens is 328 g/mol. The number of aromatic nitrogens is 6. The average molecular weight is 342 g/mol. The molecule has 0 saturated carbocycles. The Labute approximate surface area is 148 Å². The molecule has 126 valence electrons. The minimum Gasteiger partial charge on any atom is -0.348 e. The molecular formula is C18H14N8. The summed E-state index contributed by atoms with van der Waals surface area (Å²) >= 11 is 0. The molecule has 0 fully saturated rings. The molecule has 8 nitrogen and oxygen atoms in total. The molecule has 4 aromatic heterocycles. The molecule has 0 spiro atoms. The smallest absolute Gasteiger partial charge is 0.163 e. The van der Waals surface area contributed by atoms with E-state index in [1.54, 1.807) is 12.4 Å². The second-order valence-corrected chi connectivity index (χ2v) is 6.14. The van der Waals surface area contributed by atoms with Gasteiger partial charge in [0.05, 0.1) is 23.2 Å². The predicted molar refractivity (Wildman–Crippen MR) is 93.4 cm³/mol. The second-order valence-electron chi connectivity index (χ2n) is 6.14. The topological polar surface area (TPSA) is 98.8 Å². The van der Waals surface area contributed by atoms with E-state index in [-0.39, 0.29) is 6.04 Å². The van der Waals surface area contributed by atoms with Crippen molar-refractivity contribution in [2.75, 3.05) is 11.4 Å². The van der Waals surface area contributed by atoms with Crippen molar-refractivity contribution >= 4 is 11.3 Å². The van der Waals surface area contributed by atoms with Gasteiger partial charge in [0.15, 0.2) is 11.5 Å². The van der Waals surface area contributed by atoms with E-state index in [0.29, 0.717) is 11.5 Å². The molecule has 0 bridgehead atoms. The highest BCUT2D eigenvalue weighted by molar-refractivity contribution is 5.53. The van der Waals surface area contributed by atoms with Crippen LogP contribution in [-0.4, -0.2) is 36.3 Å².